The molecule has 0 amide bonds. The van der Waals surface area contributed by atoms with E-state index in [-0.39, 0.29) is 11.8 Å². The highest BCUT2D eigenvalue weighted by Gasteiger charge is 2.31. The van der Waals surface area contributed by atoms with Crippen molar-refractivity contribution in [3.8, 4) is 5.75 Å². The fraction of sp³-hybridized carbons (Fsp3) is 0.381. The van der Waals surface area contributed by atoms with Crippen LogP contribution in [0.25, 0.3) is 0 Å². The van der Waals surface area contributed by atoms with Crippen LogP contribution in [0.1, 0.15) is 17.2 Å². The van der Waals surface area contributed by atoms with Crippen molar-refractivity contribution in [2.24, 2.45) is 0 Å². The number of hydrogen-bond donors (Lipinski definition) is 2. The van der Waals surface area contributed by atoms with Crippen molar-refractivity contribution in [1.29, 1.82) is 0 Å². The largest absolute Gasteiger partial charge is 0.573 e. The van der Waals surface area contributed by atoms with E-state index in [1.165, 1.54) is 29.8 Å². The molecule has 0 aromatic heterocycles. The third kappa shape index (κ3) is 7.16. The van der Waals surface area contributed by atoms with Gasteiger partial charge in [0.05, 0.1) is 19.3 Å². The predicted octanol–water partition coefficient (Wildman–Crippen LogP) is 4.25. The maximum Gasteiger partial charge on any atom is 0.573 e. The molecule has 30 heavy (non-hydrogen) atoms. The molecule has 0 saturated carbocycles. The molecule has 1 atom stereocenters. The molecule has 2 aromatic rings. The van der Waals surface area contributed by atoms with Crippen molar-refractivity contribution in [1.82, 2.24) is 10.2 Å². The quantitative estimate of drug-likeness (QED) is 0.656. The van der Waals surface area contributed by atoms with Gasteiger partial charge in [0.1, 0.15) is 5.75 Å². The second-order valence-electron chi connectivity index (χ2n) is 7.05. The molecule has 9 heteroatoms. The van der Waals surface area contributed by atoms with Crippen LogP contribution >= 0.6 is 12.2 Å². The van der Waals surface area contributed by atoms with Gasteiger partial charge in [0.15, 0.2) is 5.11 Å². The molecule has 1 aliphatic rings. The number of nitrogens with zero attached hydrogens (tertiary/aromatic N) is 1. The fourth-order valence-corrected chi connectivity index (χ4v) is 3.40. The zero-order chi connectivity index (χ0) is 21.6. The van der Waals surface area contributed by atoms with Gasteiger partial charge in [0.2, 0.25) is 0 Å². The molecule has 0 bridgehead atoms. The number of morpholine rings is 1. The van der Waals surface area contributed by atoms with E-state index in [1.54, 1.807) is 0 Å². The van der Waals surface area contributed by atoms with E-state index in [1.807, 2.05) is 6.92 Å². The van der Waals surface area contributed by atoms with Gasteiger partial charge in [0.25, 0.3) is 0 Å². The number of thiocarbonyl (C=S) groups is 1. The van der Waals surface area contributed by atoms with E-state index < -0.39 is 6.36 Å². The van der Waals surface area contributed by atoms with Gasteiger partial charge in [-0.15, -0.1) is 13.2 Å². The number of anilines is 1. The lowest BCUT2D eigenvalue weighted by Gasteiger charge is -2.31. The van der Waals surface area contributed by atoms with Gasteiger partial charge in [-0.25, -0.2) is 0 Å². The zero-order valence-corrected chi connectivity index (χ0v) is 17.4. The number of aryl methyl sites for hydroxylation is 1. The molecule has 0 aliphatic carbocycles. The Labute approximate surface area is 179 Å². The van der Waals surface area contributed by atoms with Gasteiger partial charge in [0, 0.05) is 25.3 Å². The molecule has 0 unspecified atom stereocenters. The highest BCUT2D eigenvalue weighted by atomic mass is 32.1. The number of benzene rings is 2. The Bertz CT molecular complexity index is 823. The molecule has 1 saturated heterocycles. The summed E-state index contributed by atoms with van der Waals surface area (Å²) in [7, 11) is 0. The van der Waals surface area contributed by atoms with Crippen LogP contribution in [0, 0.1) is 6.92 Å². The number of halogens is 3. The summed E-state index contributed by atoms with van der Waals surface area (Å²) in [6.45, 7) is 5.90. The number of hydrogen-bond acceptors (Lipinski definition) is 4. The fourth-order valence-electron chi connectivity index (χ4n) is 3.14. The molecular formula is C21H24F3N3O2S. The van der Waals surface area contributed by atoms with E-state index >= 15 is 0 Å². The monoisotopic (exact) mass is 439 g/mol. The Kier molecular flexibility index (Phi) is 7.52. The average molecular weight is 440 g/mol. The van der Waals surface area contributed by atoms with E-state index in [0.29, 0.717) is 24.0 Å². The molecule has 5 nitrogen and oxygen atoms in total. The maximum atomic E-state index is 12.3. The van der Waals surface area contributed by atoms with E-state index in [4.69, 9.17) is 17.0 Å². The third-order valence-corrected chi connectivity index (χ3v) is 4.90. The van der Waals surface area contributed by atoms with Crippen molar-refractivity contribution < 1.29 is 22.6 Å². The molecular weight excluding hydrogens is 415 g/mol. The summed E-state index contributed by atoms with van der Waals surface area (Å²) in [6, 6.07) is 13.6. The highest BCUT2D eigenvalue weighted by molar-refractivity contribution is 7.80. The van der Waals surface area contributed by atoms with Gasteiger partial charge in [-0.2, -0.15) is 0 Å². The molecule has 1 heterocycles. The smallest absolute Gasteiger partial charge is 0.406 e. The Morgan fingerprint density at radius 3 is 2.33 bits per heavy atom. The lowest BCUT2D eigenvalue weighted by molar-refractivity contribution is -0.274. The topological polar surface area (TPSA) is 45.8 Å². The summed E-state index contributed by atoms with van der Waals surface area (Å²) < 4.78 is 46.2. The normalized spacial score (nSPS) is 16.0. The van der Waals surface area contributed by atoms with Crippen molar-refractivity contribution in [2.45, 2.75) is 19.3 Å². The Morgan fingerprint density at radius 2 is 1.73 bits per heavy atom. The molecule has 1 aliphatic heterocycles. The molecule has 1 fully saturated rings. The van der Waals surface area contributed by atoms with E-state index in [0.717, 1.165) is 25.2 Å². The summed E-state index contributed by atoms with van der Waals surface area (Å²) >= 11 is 5.45. The summed E-state index contributed by atoms with van der Waals surface area (Å²) in [5.74, 6) is -0.281. The third-order valence-electron chi connectivity index (χ3n) is 4.68. The lowest BCUT2D eigenvalue weighted by atomic mass is 10.0. The number of alkyl halides is 3. The van der Waals surface area contributed by atoms with Crippen molar-refractivity contribution in [2.75, 3.05) is 38.2 Å². The predicted molar refractivity (Wildman–Crippen MR) is 114 cm³/mol. The minimum absolute atomic E-state index is 0.0449. The zero-order valence-electron chi connectivity index (χ0n) is 16.5. The van der Waals surface area contributed by atoms with Crippen molar-refractivity contribution >= 4 is 23.0 Å². The second-order valence-corrected chi connectivity index (χ2v) is 7.46. The maximum absolute atomic E-state index is 12.3. The van der Waals surface area contributed by atoms with Crippen LogP contribution in [0.2, 0.25) is 0 Å². The molecule has 0 spiro atoms. The number of rotatable bonds is 6. The summed E-state index contributed by atoms with van der Waals surface area (Å²) in [4.78, 5) is 2.31. The first kappa shape index (κ1) is 22.3. The molecule has 0 radical (unpaired) electrons. The van der Waals surface area contributed by atoms with Crippen molar-refractivity contribution in [3.63, 3.8) is 0 Å². The van der Waals surface area contributed by atoms with Crippen LogP contribution in [-0.4, -0.2) is 49.2 Å². The first-order chi connectivity index (χ1) is 14.3. The van der Waals surface area contributed by atoms with Crippen LogP contribution in [0.5, 0.6) is 5.75 Å². The first-order valence-electron chi connectivity index (χ1n) is 9.58. The SMILES string of the molecule is Cc1ccc([C@H](CN2CCOCC2)NC(=S)Nc2ccc(OC(F)(F)F)cc2)cc1. The van der Waals surface area contributed by atoms with Crippen LogP contribution in [0.3, 0.4) is 0 Å². The Hall–Kier alpha value is -2.36. The molecule has 2 N–H and O–H groups in total. The molecule has 2 aromatic carbocycles. The van der Waals surface area contributed by atoms with Crippen molar-refractivity contribution in [3.05, 3.63) is 59.7 Å². The van der Waals surface area contributed by atoms with Gasteiger partial charge >= 0.3 is 6.36 Å². The summed E-state index contributed by atoms with van der Waals surface area (Å²) in [6.07, 6.45) is -4.72. The van der Waals surface area contributed by atoms with Crippen LogP contribution in [-0.2, 0) is 4.74 Å². The first-order valence-corrected chi connectivity index (χ1v) is 9.99. The second kappa shape index (κ2) is 10.1. The Balaban J connectivity index is 1.64. The van der Waals surface area contributed by atoms with E-state index in [2.05, 4.69) is 44.5 Å². The number of ether oxygens (including phenoxy) is 2. The van der Waals surface area contributed by atoms with E-state index in [9.17, 15) is 13.2 Å². The van der Waals surface area contributed by atoms with Crippen LogP contribution in [0.4, 0.5) is 18.9 Å². The minimum atomic E-state index is -4.72. The van der Waals surface area contributed by atoms with Gasteiger partial charge in [-0.05, 0) is 49.0 Å². The summed E-state index contributed by atoms with van der Waals surface area (Å²) in [5, 5.41) is 6.74. The lowest BCUT2D eigenvalue weighted by Crippen LogP contribution is -2.44. The van der Waals surface area contributed by atoms with Crippen LogP contribution < -0.4 is 15.4 Å². The minimum Gasteiger partial charge on any atom is -0.406 e. The van der Waals surface area contributed by atoms with Gasteiger partial charge < -0.3 is 20.1 Å². The van der Waals surface area contributed by atoms with Crippen LogP contribution in [0.15, 0.2) is 48.5 Å². The standard InChI is InChI=1S/C21H24F3N3O2S/c1-15-2-4-16(5-3-15)19(14-27-10-12-28-13-11-27)26-20(30)25-17-6-8-18(9-7-17)29-21(22,23)24/h2-9,19H,10-14H2,1H3,(H2,25,26,30)/t19-/m0/s1. The number of nitrogens with one attached hydrogen (secondary N) is 2. The van der Waals surface area contributed by atoms with Gasteiger partial charge in [-0.1, -0.05) is 29.8 Å². The average Bonchev–Trinajstić information content (AvgIpc) is 2.69. The molecule has 162 valence electrons. The highest BCUT2D eigenvalue weighted by Crippen LogP contribution is 2.24. The Morgan fingerprint density at radius 1 is 1.10 bits per heavy atom. The van der Waals surface area contributed by atoms with Gasteiger partial charge in [-0.3, -0.25) is 4.90 Å². The summed E-state index contributed by atoms with van der Waals surface area (Å²) in [5.41, 5.74) is 2.84. The molecule has 3 rings (SSSR count).